The first-order valence-corrected chi connectivity index (χ1v) is 8.24. The molecule has 1 aromatic rings. The predicted octanol–water partition coefficient (Wildman–Crippen LogP) is 3.34. The molecule has 1 heterocycles. The zero-order valence-electron chi connectivity index (χ0n) is 12.4. The Hall–Kier alpha value is -0.420. The van der Waals surface area contributed by atoms with E-state index in [0.29, 0.717) is 6.04 Å². The molecule has 1 saturated heterocycles. The average Bonchev–Trinajstić information content (AvgIpc) is 2.50. The summed E-state index contributed by atoms with van der Waals surface area (Å²) in [5.74, 6) is 0. The highest BCUT2D eigenvalue weighted by Crippen LogP contribution is 2.33. The summed E-state index contributed by atoms with van der Waals surface area (Å²) in [6.07, 6.45) is 3.15. The van der Waals surface area contributed by atoms with E-state index >= 15 is 0 Å². The van der Waals surface area contributed by atoms with Gasteiger partial charge >= 0.3 is 0 Å². The molecule has 0 amide bonds. The Morgan fingerprint density at radius 1 is 1.35 bits per heavy atom. The normalized spacial score (nSPS) is 20.1. The number of hydrogen-bond donors (Lipinski definition) is 1. The second kappa shape index (κ2) is 7.55. The van der Waals surface area contributed by atoms with Gasteiger partial charge in [0.2, 0.25) is 0 Å². The van der Waals surface area contributed by atoms with Crippen molar-refractivity contribution in [3.8, 4) is 0 Å². The van der Waals surface area contributed by atoms with E-state index in [-0.39, 0.29) is 12.1 Å². The largest absolute Gasteiger partial charge is 0.381 e. The first-order chi connectivity index (χ1) is 9.65. The van der Waals surface area contributed by atoms with Crippen LogP contribution in [0, 0.1) is 0 Å². The maximum atomic E-state index is 6.43. The molecule has 3 nitrogen and oxygen atoms in total. The summed E-state index contributed by atoms with van der Waals surface area (Å²) in [6.45, 7) is 3.88. The molecular formula is C16H25BrN2O. The fourth-order valence-electron chi connectivity index (χ4n) is 3.01. The van der Waals surface area contributed by atoms with Crippen LogP contribution in [0.1, 0.15) is 37.8 Å². The van der Waals surface area contributed by atoms with Gasteiger partial charge in [-0.1, -0.05) is 41.1 Å². The Kier molecular flexibility index (Phi) is 6.02. The molecule has 0 radical (unpaired) electrons. The number of nitrogens with zero attached hydrogens (tertiary/aromatic N) is 1. The number of hydrogen-bond acceptors (Lipinski definition) is 3. The first-order valence-electron chi connectivity index (χ1n) is 7.44. The predicted molar refractivity (Wildman–Crippen MR) is 86.8 cm³/mol. The van der Waals surface area contributed by atoms with Gasteiger partial charge in [0.05, 0.1) is 6.04 Å². The molecule has 1 aliphatic heterocycles. The highest BCUT2D eigenvalue weighted by atomic mass is 79.9. The van der Waals surface area contributed by atoms with Gasteiger partial charge in [-0.2, -0.15) is 0 Å². The van der Waals surface area contributed by atoms with Crippen molar-refractivity contribution >= 4 is 15.9 Å². The minimum absolute atomic E-state index is 0.140. The smallest absolute Gasteiger partial charge is 0.0510 e. The second-order valence-electron chi connectivity index (χ2n) is 5.55. The SMILES string of the molecule is CCC(N)C(c1ccccc1Br)N(C)C1CCOCC1. The van der Waals surface area contributed by atoms with Crippen LogP contribution < -0.4 is 5.73 Å². The van der Waals surface area contributed by atoms with E-state index in [4.69, 9.17) is 10.5 Å². The second-order valence-corrected chi connectivity index (χ2v) is 6.40. The molecule has 112 valence electrons. The third-order valence-corrected chi connectivity index (χ3v) is 5.03. The molecule has 0 spiro atoms. The van der Waals surface area contributed by atoms with E-state index in [9.17, 15) is 0 Å². The third kappa shape index (κ3) is 3.61. The Labute approximate surface area is 130 Å². The van der Waals surface area contributed by atoms with Gasteiger partial charge in [-0.05, 0) is 37.9 Å². The van der Waals surface area contributed by atoms with Gasteiger partial charge in [-0.3, -0.25) is 4.90 Å². The van der Waals surface area contributed by atoms with E-state index in [1.807, 2.05) is 0 Å². The van der Waals surface area contributed by atoms with Crippen LogP contribution in [0.3, 0.4) is 0 Å². The molecule has 4 heteroatoms. The van der Waals surface area contributed by atoms with Gasteiger partial charge in [-0.25, -0.2) is 0 Å². The van der Waals surface area contributed by atoms with Crippen LogP contribution in [0.2, 0.25) is 0 Å². The van der Waals surface area contributed by atoms with Crippen LogP contribution in [0.5, 0.6) is 0 Å². The van der Waals surface area contributed by atoms with Crippen LogP contribution in [0.4, 0.5) is 0 Å². The monoisotopic (exact) mass is 340 g/mol. The summed E-state index contributed by atoms with van der Waals surface area (Å²) < 4.78 is 6.62. The molecule has 1 aromatic carbocycles. The highest BCUT2D eigenvalue weighted by Gasteiger charge is 2.30. The van der Waals surface area contributed by atoms with Crippen molar-refractivity contribution in [2.24, 2.45) is 5.73 Å². The average molecular weight is 341 g/mol. The van der Waals surface area contributed by atoms with Crippen LogP contribution in [0.25, 0.3) is 0 Å². The van der Waals surface area contributed by atoms with Crippen molar-refractivity contribution in [1.82, 2.24) is 4.90 Å². The molecule has 1 aliphatic rings. The van der Waals surface area contributed by atoms with E-state index < -0.39 is 0 Å². The Morgan fingerprint density at radius 3 is 2.60 bits per heavy atom. The lowest BCUT2D eigenvalue weighted by molar-refractivity contribution is 0.0232. The molecule has 2 atom stereocenters. The molecule has 0 bridgehead atoms. The Morgan fingerprint density at radius 2 is 2.00 bits per heavy atom. The van der Waals surface area contributed by atoms with E-state index in [1.54, 1.807) is 0 Å². The summed E-state index contributed by atoms with van der Waals surface area (Å²) in [6, 6.07) is 9.37. The molecule has 0 aromatic heterocycles. The van der Waals surface area contributed by atoms with Crippen molar-refractivity contribution in [2.75, 3.05) is 20.3 Å². The van der Waals surface area contributed by atoms with Crippen molar-refractivity contribution in [2.45, 2.75) is 44.3 Å². The lowest BCUT2D eigenvalue weighted by Crippen LogP contribution is -2.46. The molecule has 1 fully saturated rings. The maximum absolute atomic E-state index is 6.43. The van der Waals surface area contributed by atoms with Gasteiger partial charge < -0.3 is 10.5 Å². The fraction of sp³-hybridized carbons (Fsp3) is 0.625. The van der Waals surface area contributed by atoms with Crippen molar-refractivity contribution in [3.63, 3.8) is 0 Å². The Bertz CT molecular complexity index is 421. The third-order valence-electron chi connectivity index (χ3n) is 4.31. The van der Waals surface area contributed by atoms with E-state index in [1.165, 1.54) is 5.56 Å². The highest BCUT2D eigenvalue weighted by molar-refractivity contribution is 9.10. The number of ether oxygens (including phenoxy) is 1. The molecule has 2 unspecified atom stereocenters. The molecule has 0 aliphatic carbocycles. The molecular weight excluding hydrogens is 316 g/mol. The van der Waals surface area contributed by atoms with Gasteiger partial charge in [0.1, 0.15) is 0 Å². The topological polar surface area (TPSA) is 38.5 Å². The molecule has 0 saturated carbocycles. The number of halogens is 1. The summed E-state index contributed by atoms with van der Waals surface area (Å²) in [5, 5.41) is 0. The lowest BCUT2D eigenvalue weighted by Gasteiger charge is -2.40. The summed E-state index contributed by atoms with van der Waals surface area (Å²) >= 11 is 3.68. The lowest BCUT2D eigenvalue weighted by atomic mass is 9.94. The van der Waals surface area contributed by atoms with Gasteiger partial charge in [0.15, 0.2) is 0 Å². The minimum atomic E-state index is 0.140. The Balaban J connectivity index is 2.25. The van der Waals surface area contributed by atoms with Crippen LogP contribution in [0.15, 0.2) is 28.7 Å². The molecule has 2 N–H and O–H groups in total. The van der Waals surface area contributed by atoms with Crippen molar-refractivity contribution < 1.29 is 4.74 Å². The summed E-state index contributed by atoms with van der Waals surface area (Å²) in [4.78, 5) is 2.46. The number of nitrogens with two attached hydrogens (primary N) is 1. The van der Waals surface area contributed by atoms with Gasteiger partial charge in [0.25, 0.3) is 0 Å². The quantitative estimate of drug-likeness (QED) is 0.893. The number of likely N-dealkylation sites (N-methyl/N-ethyl adjacent to an activating group) is 1. The summed E-state index contributed by atoms with van der Waals surface area (Å²) in [7, 11) is 2.20. The van der Waals surface area contributed by atoms with Gasteiger partial charge in [0, 0.05) is 29.8 Å². The number of rotatable bonds is 5. The maximum Gasteiger partial charge on any atom is 0.0510 e. The molecule has 20 heavy (non-hydrogen) atoms. The first kappa shape index (κ1) is 16.0. The van der Waals surface area contributed by atoms with Crippen molar-refractivity contribution in [1.29, 1.82) is 0 Å². The summed E-state index contributed by atoms with van der Waals surface area (Å²) in [5.41, 5.74) is 7.72. The minimum Gasteiger partial charge on any atom is -0.381 e. The fourth-order valence-corrected chi connectivity index (χ4v) is 3.53. The zero-order chi connectivity index (χ0) is 14.5. The van der Waals surface area contributed by atoms with E-state index in [0.717, 1.165) is 36.9 Å². The van der Waals surface area contributed by atoms with Crippen LogP contribution >= 0.6 is 15.9 Å². The van der Waals surface area contributed by atoms with Gasteiger partial charge in [-0.15, -0.1) is 0 Å². The van der Waals surface area contributed by atoms with E-state index in [2.05, 4.69) is 59.1 Å². The standard InChI is InChI=1S/C16H25BrN2O/c1-3-15(18)16(13-6-4-5-7-14(13)17)19(2)12-8-10-20-11-9-12/h4-7,12,15-16H,3,8-11,18H2,1-2H3. The van der Waals surface area contributed by atoms with Crippen LogP contribution in [-0.4, -0.2) is 37.2 Å². The number of benzene rings is 1. The van der Waals surface area contributed by atoms with Crippen molar-refractivity contribution in [3.05, 3.63) is 34.3 Å². The zero-order valence-corrected chi connectivity index (χ0v) is 14.0. The van der Waals surface area contributed by atoms with Crippen LogP contribution in [-0.2, 0) is 4.74 Å². The molecule has 2 rings (SSSR count).